The van der Waals surface area contributed by atoms with Crippen LogP contribution in [-0.2, 0) is 0 Å². The molecule has 2 heterocycles. The summed E-state index contributed by atoms with van der Waals surface area (Å²) in [4.78, 5) is 13.5. The Hall–Kier alpha value is -1.97. The van der Waals surface area contributed by atoms with Gasteiger partial charge in [-0.2, -0.15) is 0 Å². The van der Waals surface area contributed by atoms with Crippen LogP contribution in [-0.4, -0.2) is 21.5 Å². The molecule has 1 N–H and O–H groups in total. The Balaban J connectivity index is 2.60. The van der Waals surface area contributed by atoms with Crippen LogP contribution in [0.3, 0.4) is 0 Å². The first kappa shape index (κ1) is 14.4. The number of rotatable bonds is 4. The molecule has 2 rings (SSSR count). The van der Waals surface area contributed by atoms with E-state index >= 15 is 0 Å². The number of aromatic nitrogens is 3. The van der Waals surface area contributed by atoms with Gasteiger partial charge in [-0.05, 0) is 38.3 Å². The highest BCUT2D eigenvalue weighted by Gasteiger charge is 2.15. The summed E-state index contributed by atoms with van der Waals surface area (Å²) in [5, 5.41) is 3.36. The summed E-state index contributed by atoms with van der Waals surface area (Å²) in [6.07, 6.45) is 3.63. The molecule has 4 nitrogen and oxygen atoms in total. The van der Waals surface area contributed by atoms with Gasteiger partial charge in [0.05, 0.1) is 0 Å². The number of pyridine rings is 1. The highest BCUT2D eigenvalue weighted by Crippen LogP contribution is 2.28. The second-order valence-electron chi connectivity index (χ2n) is 5.27. The van der Waals surface area contributed by atoms with Gasteiger partial charge in [-0.3, -0.25) is 4.98 Å². The molecule has 0 aromatic carbocycles. The molecular weight excluding hydrogens is 248 g/mol. The molecule has 20 heavy (non-hydrogen) atoms. The third-order valence-corrected chi connectivity index (χ3v) is 3.32. The van der Waals surface area contributed by atoms with Crippen LogP contribution in [0.15, 0.2) is 18.5 Å². The smallest absolute Gasteiger partial charge is 0.162 e. The van der Waals surface area contributed by atoms with Gasteiger partial charge in [0, 0.05) is 35.8 Å². The van der Waals surface area contributed by atoms with Crippen LogP contribution in [0.4, 0.5) is 5.82 Å². The van der Waals surface area contributed by atoms with E-state index in [2.05, 4.69) is 43.0 Å². The Morgan fingerprint density at radius 1 is 1.20 bits per heavy atom. The molecule has 2 aromatic rings. The van der Waals surface area contributed by atoms with Gasteiger partial charge in [0.1, 0.15) is 5.82 Å². The fourth-order valence-electron chi connectivity index (χ4n) is 2.42. The lowest BCUT2D eigenvalue weighted by molar-refractivity contribution is 0.831. The summed E-state index contributed by atoms with van der Waals surface area (Å²) in [7, 11) is 0. The number of aryl methyl sites for hydroxylation is 2. The number of nitrogens with one attached hydrogen (secondary N) is 1. The van der Waals surface area contributed by atoms with Crippen LogP contribution in [0.2, 0.25) is 0 Å². The number of nitrogens with zero attached hydrogens (tertiary/aromatic N) is 3. The van der Waals surface area contributed by atoms with Crippen LogP contribution < -0.4 is 5.32 Å². The SMILES string of the molecule is CCNc1nc(-c2ccncc2C)nc(C)c1C(C)C. The second-order valence-corrected chi connectivity index (χ2v) is 5.27. The molecule has 0 radical (unpaired) electrons. The van der Waals surface area contributed by atoms with Gasteiger partial charge in [0.15, 0.2) is 5.82 Å². The topological polar surface area (TPSA) is 50.7 Å². The van der Waals surface area contributed by atoms with Gasteiger partial charge >= 0.3 is 0 Å². The van der Waals surface area contributed by atoms with E-state index in [1.807, 2.05) is 19.2 Å². The van der Waals surface area contributed by atoms with Gasteiger partial charge < -0.3 is 5.32 Å². The van der Waals surface area contributed by atoms with E-state index in [9.17, 15) is 0 Å². The molecule has 0 bridgehead atoms. The average Bonchev–Trinajstić information content (AvgIpc) is 2.38. The minimum Gasteiger partial charge on any atom is -0.370 e. The zero-order valence-corrected chi connectivity index (χ0v) is 12.9. The molecule has 106 valence electrons. The van der Waals surface area contributed by atoms with Crippen molar-refractivity contribution >= 4 is 5.82 Å². The van der Waals surface area contributed by atoms with E-state index in [-0.39, 0.29) is 0 Å². The molecule has 0 amide bonds. The summed E-state index contributed by atoms with van der Waals surface area (Å²) in [6, 6.07) is 1.97. The van der Waals surface area contributed by atoms with Crippen LogP contribution in [0.25, 0.3) is 11.4 Å². The first-order valence-corrected chi connectivity index (χ1v) is 7.08. The van der Waals surface area contributed by atoms with Crippen molar-refractivity contribution in [3.05, 3.63) is 35.3 Å². The molecule has 0 saturated heterocycles. The van der Waals surface area contributed by atoms with Gasteiger partial charge in [-0.25, -0.2) is 9.97 Å². The third-order valence-electron chi connectivity index (χ3n) is 3.32. The Morgan fingerprint density at radius 2 is 1.95 bits per heavy atom. The minimum atomic E-state index is 0.400. The van der Waals surface area contributed by atoms with Crippen molar-refractivity contribution in [3.8, 4) is 11.4 Å². The van der Waals surface area contributed by atoms with Crippen molar-refractivity contribution in [2.75, 3.05) is 11.9 Å². The van der Waals surface area contributed by atoms with E-state index in [1.54, 1.807) is 6.20 Å². The predicted molar refractivity (Wildman–Crippen MR) is 83.0 cm³/mol. The summed E-state index contributed by atoms with van der Waals surface area (Å²) in [6.45, 7) is 11.4. The maximum absolute atomic E-state index is 4.73. The van der Waals surface area contributed by atoms with E-state index in [1.165, 1.54) is 5.56 Å². The van der Waals surface area contributed by atoms with Crippen LogP contribution >= 0.6 is 0 Å². The molecule has 0 fully saturated rings. The van der Waals surface area contributed by atoms with Gasteiger partial charge in [0.2, 0.25) is 0 Å². The fourth-order valence-corrected chi connectivity index (χ4v) is 2.42. The summed E-state index contributed by atoms with van der Waals surface area (Å²) in [5.41, 5.74) is 4.36. The molecule has 4 heteroatoms. The van der Waals surface area contributed by atoms with Gasteiger partial charge in [-0.1, -0.05) is 13.8 Å². The average molecular weight is 270 g/mol. The molecule has 2 aromatic heterocycles. The van der Waals surface area contributed by atoms with E-state index in [4.69, 9.17) is 4.98 Å². The van der Waals surface area contributed by atoms with Crippen molar-refractivity contribution in [3.63, 3.8) is 0 Å². The fraction of sp³-hybridized carbons (Fsp3) is 0.438. The molecule has 0 aliphatic rings. The van der Waals surface area contributed by atoms with Crippen LogP contribution in [0.1, 0.15) is 43.5 Å². The standard InChI is InChI=1S/C16H22N4/c1-6-18-16-14(10(2)3)12(5)19-15(20-16)13-7-8-17-9-11(13)4/h7-10H,6H2,1-5H3,(H,18,19,20). The summed E-state index contributed by atoms with van der Waals surface area (Å²) in [5.74, 6) is 2.11. The van der Waals surface area contributed by atoms with Crippen molar-refractivity contribution < 1.29 is 0 Å². The van der Waals surface area contributed by atoms with Crippen molar-refractivity contribution in [2.45, 2.75) is 40.5 Å². The van der Waals surface area contributed by atoms with Crippen LogP contribution in [0.5, 0.6) is 0 Å². The van der Waals surface area contributed by atoms with Gasteiger partial charge in [-0.15, -0.1) is 0 Å². The lowest BCUT2D eigenvalue weighted by atomic mass is 10.0. The maximum atomic E-state index is 4.73. The Kier molecular flexibility index (Phi) is 4.32. The van der Waals surface area contributed by atoms with Crippen molar-refractivity contribution in [2.24, 2.45) is 0 Å². The highest BCUT2D eigenvalue weighted by molar-refractivity contribution is 5.63. The maximum Gasteiger partial charge on any atom is 0.162 e. The molecular formula is C16H22N4. The lowest BCUT2D eigenvalue weighted by Gasteiger charge is -2.17. The molecule has 0 atom stereocenters. The Labute approximate surface area is 120 Å². The number of hydrogen-bond donors (Lipinski definition) is 1. The first-order chi connectivity index (χ1) is 9.54. The van der Waals surface area contributed by atoms with Gasteiger partial charge in [0.25, 0.3) is 0 Å². The zero-order valence-electron chi connectivity index (χ0n) is 12.9. The monoisotopic (exact) mass is 270 g/mol. The van der Waals surface area contributed by atoms with E-state index in [0.717, 1.165) is 35.0 Å². The molecule has 0 aliphatic heterocycles. The second kappa shape index (κ2) is 5.99. The summed E-state index contributed by atoms with van der Waals surface area (Å²) < 4.78 is 0. The minimum absolute atomic E-state index is 0.400. The number of hydrogen-bond acceptors (Lipinski definition) is 4. The summed E-state index contributed by atoms with van der Waals surface area (Å²) >= 11 is 0. The molecule has 0 unspecified atom stereocenters. The Bertz CT molecular complexity index is 605. The third kappa shape index (κ3) is 2.79. The molecule has 0 spiro atoms. The molecule has 0 saturated carbocycles. The lowest BCUT2D eigenvalue weighted by Crippen LogP contribution is -2.09. The molecule has 0 aliphatic carbocycles. The van der Waals surface area contributed by atoms with E-state index < -0.39 is 0 Å². The predicted octanol–water partition coefficient (Wildman–Crippen LogP) is 3.71. The van der Waals surface area contributed by atoms with Crippen LogP contribution in [0, 0.1) is 13.8 Å². The van der Waals surface area contributed by atoms with E-state index in [0.29, 0.717) is 5.92 Å². The first-order valence-electron chi connectivity index (χ1n) is 7.08. The van der Waals surface area contributed by atoms with Crippen molar-refractivity contribution in [1.82, 2.24) is 15.0 Å². The number of anilines is 1. The van der Waals surface area contributed by atoms with Crippen molar-refractivity contribution in [1.29, 1.82) is 0 Å². The zero-order chi connectivity index (χ0) is 14.7. The normalized spacial score (nSPS) is 10.9. The quantitative estimate of drug-likeness (QED) is 0.920. The highest BCUT2D eigenvalue weighted by atomic mass is 15.0. The Morgan fingerprint density at radius 3 is 2.55 bits per heavy atom. The largest absolute Gasteiger partial charge is 0.370 e.